The van der Waals surface area contributed by atoms with E-state index in [1.165, 1.54) is 6.26 Å². The molecule has 18 heavy (non-hydrogen) atoms. The first kappa shape index (κ1) is 14.1. The van der Waals surface area contributed by atoms with Crippen molar-refractivity contribution in [3.8, 4) is 0 Å². The highest BCUT2D eigenvalue weighted by molar-refractivity contribution is 5.93. The van der Waals surface area contributed by atoms with Crippen LogP contribution in [-0.2, 0) is 0 Å². The van der Waals surface area contributed by atoms with Crippen LogP contribution >= 0.6 is 0 Å². The molecule has 0 radical (unpaired) electrons. The van der Waals surface area contributed by atoms with Crippen LogP contribution in [0.4, 0.5) is 0 Å². The van der Waals surface area contributed by atoms with E-state index in [9.17, 15) is 4.79 Å². The number of amides is 1. The van der Waals surface area contributed by atoms with Crippen molar-refractivity contribution in [1.82, 2.24) is 4.90 Å². The van der Waals surface area contributed by atoms with Crippen LogP contribution in [0.1, 0.15) is 36.4 Å². The molecule has 0 spiro atoms. The van der Waals surface area contributed by atoms with Gasteiger partial charge in [0.25, 0.3) is 5.91 Å². The molecule has 0 aliphatic heterocycles. The number of aryl methyl sites for hydroxylation is 1. The third kappa shape index (κ3) is 3.26. The Bertz CT molecular complexity index is 438. The molecule has 0 aromatic carbocycles. The molecule has 1 amide bonds. The fourth-order valence-electron chi connectivity index (χ4n) is 1.60. The van der Waals surface area contributed by atoms with Gasteiger partial charge in [-0.05, 0) is 26.8 Å². The predicted molar refractivity (Wildman–Crippen MR) is 67.6 cm³/mol. The van der Waals surface area contributed by atoms with Gasteiger partial charge in [-0.1, -0.05) is 5.16 Å². The summed E-state index contributed by atoms with van der Waals surface area (Å²) in [5, 5.41) is 11.4. The normalized spacial score (nSPS) is 11.9. The molecule has 100 valence electrons. The van der Waals surface area contributed by atoms with Gasteiger partial charge in [-0.2, -0.15) is 0 Å². The molecule has 0 fully saturated rings. The number of nitrogens with two attached hydrogens (primary N) is 1. The minimum Gasteiger partial charge on any atom is -0.459 e. The Morgan fingerprint density at radius 2 is 2.28 bits per heavy atom. The third-order valence-corrected chi connectivity index (χ3v) is 2.68. The van der Waals surface area contributed by atoms with Gasteiger partial charge in [0.1, 0.15) is 5.84 Å². The van der Waals surface area contributed by atoms with Crippen LogP contribution in [0.2, 0.25) is 0 Å². The summed E-state index contributed by atoms with van der Waals surface area (Å²) in [5.41, 5.74) is 6.21. The molecule has 1 rings (SSSR count). The molecule has 6 nitrogen and oxygen atoms in total. The number of hydrogen-bond acceptors (Lipinski definition) is 4. The molecule has 0 bridgehead atoms. The Hall–Kier alpha value is -1.98. The van der Waals surface area contributed by atoms with Gasteiger partial charge in [0.2, 0.25) is 0 Å². The van der Waals surface area contributed by atoms with Crippen LogP contribution in [0.25, 0.3) is 0 Å². The second-order valence-corrected chi connectivity index (χ2v) is 4.37. The molecule has 0 atom stereocenters. The quantitative estimate of drug-likeness (QED) is 0.360. The SMILES string of the molecule is Cc1ccoc1C(=O)N(CC/C(N)=N/O)C(C)C. The van der Waals surface area contributed by atoms with Gasteiger partial charge < -0.3 is 20.3 Å². The lowest BCUT2D eigenvalue weighted by molar-refractivity contribution is 0.0677. The lowest BCUT2D eigenvalue weighted by Gasteiger charge is -2.25. The Labute approximate surface area is 106 Å². The van der Waals surface area contributed by atoms with Gasteiger partial charge in [0.05, 0.1) is 6.26 Å². The van der Waals surface area contributed by atoms with Crippen molar-refractivity contribution in [1.29, 1.82) is 0 Å². The van der Waals surface area contributed by atoms with E-state index in [1.807, 2.05) is 20.8 Å². The summed E-state index contributed by atoms with van der Waals surface area (Å²) in [6.07, 6.45) is 1.81. The monoisotopic (exact) mass is 253 g/mol. The van der Waals surface area contributed by atoms with Crippen LogP contribution in [0, 0.1) is 6.92 Å². The second-order valence-electron chi connectivity index (χ2n) is 4.37. The first-order valence-electron chi connectivity index (χ1n) is 5.78. The van der Waals surface area contributed by atoms with Crippen LogP contribution in [-0.4, -0.2) is 34.4 Å². The van der Waals surface area contributed by atoms with Gasteiger partial charge in [-0.15, -0.1) is 0 Å². The largest absolute Gasteiger partial charge is 0.459 e. The number of amidine groups is 1. The van der Waals surface area contributed by atoms with Gasteiger partial charge in [0, 0.05) is 24.6 Å². The average molecular weight is 253 g/mol. The molecule has 6 heteroatoms. The van der Waals surface area contributed by atoms with Crippen molar-refractivity contribution < 1.29 is 14.4 Å². The zero-order valence-corrected chi connectivity index (χ0v) is 10.9. The number of carbonyl (C=O) groups is 1. The summed E-state index contributed by atoms with van der Waals surface area (Å²) in [6, 6.07) is 1.75. The molecule has 1 heterocycles. The lowest BCUT2D eigenvalue weighted by atomic mass is 10.2. The van der Waals surface area contributed by atoms with Crippen LogP contribution in [0.3, 0.4) is 0 Å². The summed E-state index contributed by atoms with van der Waals surface area (Å²) in [5.74, 6) is 0.256. The Balaban J connectivity index is 2.80. The van der Waals surface area contributed by atoms with Crippen molar-refractivity contribution >= 4 is 11.7 Å². The van der Waals surface area contributed by atoms with Gasteiger partial charge in [-0.3, -0.25) is 4.79 Å². The maximum atomic E-state index is 12.3. The second kappa shape index (κ2) is 6.09. The van der Waals surface area contributed by atoms with E-state index in [2.05, 4.69) is 5.16 Å². The van der Waals surface area contributed by atoms with Crippen molar-refractivity contribution in [3.05, 3.63) is 23.7 Å². The van der Waals surface area contributed by atoms with E-state index < -0.39 is 0 Å². The molecule has 0 saturated carbocycles. The number of furan rings is 1. The smallest absolute Gasteiger partial charge is 0.290 e. The van der Waals surface area contributed by atoms with E-state index in [0.717, 1.165) is 5.56 Å². The molecule has 0 saturated heterocycles. The van der Waals surface area contributed by atoms with Gasteiger partial charge in [-0.25, -0.2) is 0 Å². The highest BCUT2D eigenvalue weighted by Gasteiger charge is 2.22. The van der Waals surface area contributed by atoms with E-state index in [4.69, 9.17) is 15.4 Å². The summed E-state index contributed by atoms with van der Waals surface area (Å²) in [4.78, 5) is 13.9. The maximum Gasteiger partial charge on any atom is 0.290 e. The topological polar surface area (TPSA) is 92.1 Å². The first-order chi connectivity index (χ1) is 8.47. The Kier molecular flexibility index (Phi) is 4.76. The van der Waals surface area contributed by atoms with E-state index in [-0.39, 0.29) is 17.8 Å². The molecular weight excluding hydrogens is 234 g/mol. The Morgan fingerprint density at radius 1 is 1.61 bits per heavy atom. The minimum atomic E-state index is -0.182. The highest BCUT2D eigenvalue weighted by Crippen LogP contribution is 2.14. The maximum absolute atomic E-state index is 12.3. The van der Waals surface area contributed by atoms with E-state index >= 15 is 0 Å². The number of nitrogens with zero attached hydrogens (tertiary/aromatic N) is 2. The Morgan fingerprint density at radius 3 is 2.72 bits per heavy atom. The zero-order chi connectivity index (χ0) is 13.7. The lowest BCUT2D eigenvalue weighted by Crippen LogP contribution is -2.39. The molecule has 1 aromatic heterocycles. The minimum absolute atomic E-state index is 0.00786. The molecule has 0 unspecified atom stereocenters. The fraction of sp³-hybridized carbons (Fsp3) is 0.500. The molecule has 1 aromatic rings. The van der Waals surface area contributed by atoms with E-state index in [0.29, 0.717) is 18.7 Å². The van der Waals surface area contributed by atoms with Crippen molar-refractivity contribution in [3.63, 3.8) is 0 Å². The molecule has 3 N–H and O–H groups in total. The first-order valence-corrected chi connectivity index (χ1v) is 5.78. The summed E-state index contributed by atoms with van der Waals surface area (Å²) >= 11 is 0. The van der Waals surface area contributed by atoms with Crippen LogP contribution in [0.5, 0.6) is 0 Å². The summed E-state index contributed by atoms with van der Waals surface area (Å²) in [6.45, 7) is 6.01. The third-order valence-electron chi connectivity index (χ3n) is 2.68. The average Bonchev–Trinajstić information content (AvgIpc) is 2.74. The molecule has 0 aliphatic carbocycles. The van der Waals surface area contributed by atoms with Crippen LogP contribution in [0.15, 0.2) is 21.9 Å². The molecular formula is C12H19N3O3. The standard InChI is InChI=1S/C12H19N3O3/c1-8(2)15(6-4-10(13)14-17)12(16)11-9(3)5-7-18-11/h5,7-8,17H,4,6H2,1-3H3,(H2,13,14). The number of oxime groups is 1. The highest BCUT2D eigenvalue weighted by atomic mass is 16.4. The molecule has 0 aliphatic rings. The predicted octanol–water partition coefficient (Wildman–Crippen LogP) is 1.58. The zero-order valence-electron chi connectivity index (χ0n) is 10.9. The fourth-order valence-corrected chi connectivity index (χ4v) is 1.60. The van der Waals surface area contributed by atoms with Crippen molar-refractivity contribution in [2.75, 3.05) is 6.54 Å². The summed E-state index contributed by atoms with van der Waals surface area (Å²) in [7, 11) is 0. The number of hydrogen-bond donors (Lipinski definition) is 2. The van der Waals surface area contributed by atoms with Crippen molar-refractivity contribution in [2.24, 2.45) is 10.9 Å². The van der Waals surface area contributed by atoms with Gasteiger partial charge in [0.15, 0.2) is 5.76 Å². The van der Waals surface area contributed by atoms with E-state index in [1.54, 1.807) is 11.0 Å². The number of rotatable bonds is 5. The summed E-state index contributed by atoms with van der Waals surface area (Å²) < 4.78 is 5.19. The number of carbonyl (C=O) groups excluding carboxylic acids is 1. The van der Waals surface area contributed by atoms with Crippen LogP contribution < -0.4 is 5.73 Å². The van der Waals surface area contributed by atoms with Gasteiger partial charge >= 0.3 is 0 Å². The van der Waals surface area contributed by atoms with Crippen molar-refractivity contribution in [2.45, 2.75) is 33.2 Å².